The molecule has 0 bridgehead atoms. The van der Waals surface area contributed by atoms with Crippen molar-refractivity contribution in [3.8, 4) is 0 Å². The fraction of sp³-hybridized carbons (Fsp3) is 0. The second kappa shape index (κ2) is 27.8. The minimum Gasteiger partial charge on any atom is -1.00 e. The Morgan fingerprint density at radius 3 is 0.800 bits per heavy atom. The van der Waals surface area contributed by atoms with Crippen LogP contribution in [0.5, 0.6) is 0 Å². The second-order valence-electron chi connectivity index (χ2n) is 0. The molecule has 0 rings (SSSR count). The smallest absolute Gasteiger partial charge is 1.00 e. The van der Waals surface area contributed by atoms with Crippen LogP contribution in [0, 0.1) is 0 Å². The molecule has 0 heterocycles. The van der Waals surface area contributed by atoms with Crippen molar-refractivity contribution in [1.82, 2.24) is 0 Å². The molecular weight excluding hydrogens is 170 g/mol. The zero-order valence-electron chi connectivity index (χ0n) is 4.58. The molecule has 5 heavy (non-hydrogen) atoms. The van der Waals surface area contributed by atoms with Crippen molar-refractivity contribution in [2.24, 2.45) is 0 Å². The Balaban J connectivity index is 0. The molecule has 0 aliphatic carbocycles. The van der Waals surface area contributed by atoms with E-state index in [1.165, 1.54) is 0 Å². The summed E-state index contributed by atoms with van der Waals surface area (Å²) in [5.41, 5.74) is 0. The molecule has 0 fully saturated rings. The molecule has 0 aliphatic rings. The molecule has 0 radical (unpaired) electrons. The molecular formula is H3Ca2Cl2F. The van der Waals surface area contributed by atoms with Gasteiger partial charge in [0.2, 0.25) is 0 Å². The average molecular weight is 173 g/mol. The van der Waals surface area contributed by atoms with Crippen LogP contribution >= 0.6 is 0 Å². The number of hydrogen-bond donors (Lipinski definition) is 0. The van der Waals surface area contributed by atoms with Crippen molar-refractivity contribution in [1.29, 1.82) is 0 Å². The van der Waals surface area contributed by atoms with Crippen LogP contribution in [0.25, 0.3) is 0 Å². The van der Waals surface area contributed by atoms with E-state index in [-0.39, 0.29) is 108 Å². The van der Waals surface area contributed by atoms with Gasteiger partial charge in [-0.2, -0.15) is 0 Å². The standard InChI is InChI=1S/2Ca.2ClH.FH.2H/h;;3*1H;;/q2*+2;;;;2*-1/p-2. The fourth-order valence-electron chi connectivity index (χ4n) is 0. The van der Waals surface area contributed by atoms with Crippen LogP contribution in [0.4, 0.5) is 4.70 Å². The zero-order valence-corrected chi connectivity index (χ0v) is 8.51. The van der Waals surface area contributed by atoms with Gasteiger partial charge in [0.05, 0.1) is 0 Å². The summed E-state index contributed by atoms with van der Waals surface area (Å²) >= 11 is 0. The van der Waals surface area contributed by atoms with Gasteiger partial charge < -0.3 is 27.7 Å². The summed E-state index contributed by atoms with van der Waals surface area (Å²) in [6.45, 7) is 0. The molecule has 0 aliphatic heterocycles. The van der Waals surface area contributed by atoms with Crippen LogP contribution in [0.1, 0.15) is 2.85 Å². The van der Waals surface area contributed by atoms with E-state index in [4.69, 9.17) is 0 Å². The van der Waals surface area contributed by atoms with Crippen molar-refractivity contribution in [3.63, 3.8) is 0 Å². The Bertz CT molecular complexity index is 13.7. The Hall–Kier alpha value is 3.03. The molecule has 0 saturated carbocycles. The van der Waals surface area contributed by atoms with Gasteiger partial charge in [0.1, 0.15) is 0 Å². The Kier molecular flexibility index (Phi) is 241. The van der Waals surface area contributed by atoms with Crippen LogP contribution in [0.15, 0.2) is 0 Å². The minimum atomic E-state index is 0. The molecule has 0 N–H and O–H groups in total. The first-order chi connectivity index (χ1) is 0. The van der Waals surface area contributed by atoms with Crippen molar-refractivity contribution < 1.29 is 32.4 Å². The van der Waals surface area contributed by atoms with Gasteiger partial charge in [-0.15, -0.1) is 0 Å². The summed E-state index contributed by atoms with van der Waals surface area (Å²) in [5.74, 6) is 0. The Labute approximate surface area is 106 Å². The van der Waals surface area contributed by atoms with E-state index in [9.17, 15) is 0 Å². The van der Waals surface area contributed by atoms with E-state index < -0.39 is 0 Å². The summed E-state index contributed by atoms with van der Waals surface area (Å²) in [6, 6.07) is 0. The summed E-state index contributed by atoms with van der Waals surface area (Å²) in [4.78, 5) is 0. The molecule has 0 unspecified atom stereocenters. The van der Waals surface area contributed by atoms with Crippen LogP contribution in [0.3, 0.4) is 0 Å². The number of hydrogen-bond acceptors (Lipinski definition) is 0. The molecule has 5 heteroatoms. The third-order valence-corrected chi connectivity index (χ3v) is 0. The van der Waals surface area contributed by atoms with Gasteiger partial charge in [0.15, 0.2) is 0 Å². The first-order valence-corrected chi connectivity index (χ1v) is 0. The van der Waals surface area contributed by atoms with E-state index in [0.717, 1.165) is 0 Å². The topological polar surface area (TPSA) is 0 Å². The molecule has 0 aromatic carbocycles. The Morgan fingerprint density at radius 1 is 0.800 bits per heavy atom. The van der Waals surface area contributed by atoms with Gasteiger partial charge in [0.25, 0.3) is 0 Å². The molecule has 0 saturated heterocycles. The monoisotopic (exact) mass is 172 g/mol. The van der Waals surface area contributed by atoms with Crippen molar-refractivity contribution >= 4 is 75.5 Å². The van der Waals surface area contributed by atoms with E-state index in [2.05, 4.69) is 0 Å². The second-order valence-corrected chi connectivity index (χ2v) is 0. The van der Waals surface area contributed by atoms with Gasteiger partial charge in [-0.05, 0) is 0 Å². The van der Waals surface area contributed by atoms with Gasteiger partial charge in [-0.25, -0.2) is 0 Å². The first-order valence-electron chi connectivity index (χ1n) is 0. The molecule has 0 spiro atoms. The molecule has 28 valence electrons. The van der Waals surface area contributed by atoms with E-state index in [0.29, 0.717) is 0 Å². The maximum Gasteiger partial charge on any atom is 2.00 e. The van der Waals surface area contributed by atoms with Crippen LogP contribution in [0.2, 0.25) is 0 Å². The number of halogens is 3. The Morgan fingerprint density at radius 2 is 0.800 bits per heavy atom. The van der Waals surface area contributed by atoms with Crippen molar-refractivity contribution in [3.05, 3.63) is 0 Å². The van der Waals surface area contributed by atoms with Crippen LogP contribution in [-0.4, -0.2) is 75.5 Å². The first kappa shape index (κ1) is 43.2. The van der Waals surface area contributed by atoms with Gasteiger partial charge in [0, 0.05) is 0 Å². The average Bonchev–Trinajstić information content (AvgIpc) is 0. The molecule has 0 amide bonds. The van der Waals surface area contributed by atoms with E-state index >= 15 is 0 Å². The van der Waals surface area contributed by atoms with Crippen molar-refractivity contribution in [2.45, 2.75) is 0 Å². The summed E-state index contributed by atoms with van der Waals surface area (Å²) in [6.07, 6.45) is 0. The number of rotatable bonds is 0. The van der Waals surface area contributed by atoms with Gasteiger partial charge >= 0.3 is 75.5 Å². The maximum absolute atomic E-state index is 0. The van der Waals surface area contributed by atoms with E-state index in [1.807, 2.05) is 0 Å². The predicted octanol–water partition coefficient (Wildman–Crippen LogP) is -6.38. The predicted molar refractivity (Wildman–Crippen MR) is 16.2 cm³/mol. The zero-order chi connectivity index (χ0) is 0. The molecule has 0 aromatic heterocycles. The van der Waals surface area contributed by atoms with Gasteiger partial charge in [-0.3, -0.25) is 4.70 Å². The van der Waals surface area contributed by atoms with Crippen molar-refractivity contribution in [2.75, 3.05) is 0 Å². The SMILES string of the molecule is F.[Ca+2].[Ca+2].[Cl-].[Cl-].[H-].[H-]. The van der Waals surface area contributed by atoms with Crippen LogP contribution < -0.4 is 24.8 Å². The molecule has 0 nitrogen and oxygen atoms in total. The maximum atomic E-state index is 0. The fourth-order valence-corrected chi connectivity index (χ4v) is 0. The van der Waals surface area contributed by atoms with Gasteiger partial charge in [-0.1, -0.05) is 0 Å². The van der Waals surface area contributed by atoms with Crippen LogP contribution in [-0.2, 0) is 0 Å². The molecule has 0 aromatic rings. The largest absolute Gasteiger partial charge is 2.00 e. The third-order valence-electron chi connectivity index (χ3n) is 0. The summed E-state index contributed by atoms with van der Waals surface area (Å²) < 4.78 is 0. The third kappa shape index (κ3) is 19.4. The summed E-state index contributed by atoms with van der Waals surface area (Å²) in [7, 11) is 0. The normalized spacial score (nSPS) is 0. The minimum absolute atomic E-state index is 0. The molecule has 0 atom stereocenters. The van der Waals surface area contributed by atoms with E-state index in [1.54, 1.807) is 0 Å². The quantitative estimate of drug-likeness (QED) is 0.320. The summed E-state index contributed by atoms with van der Waals surface area (Å²) in [5, 5.41) is 0.